The Hall–Kier alpha value is -2.23. The first-order chi connectivity index (χ1) is 9.02. The first kappa shape index (κ1) is 13.2. The van der Waals surface area contributed by atoms with Gasteiger partial charge >= 0.3 is 0 Å². The van der Waals surface area contributed by atoms with Crippen molar-refractivity contribution >= 4 is 17.5 Å². The van der Waals surface area contributed by atoms with E-state index in [4.69, 9.17) is 0 Å². The van der Waals surface area contributed by atoms with Gasteiger partial charge in [-0.15, -0.1) is 0 Å². The summed E-state index contributed by atoms with van der Waals surface area (Å²) in [6, 6.07) is 6.83. The summed E-state index contributed by atoms with van der Waals surface area (Å²) in [5.74, 6) is -0.362. The maximum absolute atomic E-state index is 12.3. The minimum atomic E-state index is -0.145. The van der Waals surface area contributed by atoms with Crippen LogP contribution >= 0.6 is 0 Å². The topological polar surface area (TPSA) is 63.2 Å². The number of nitrogens with one attached hydrogen (secondary N) is 1. The van der Waals surface area contributed by atoms with E-state index in [-0.39, 0.29) is 17.5 Å². The highest BCUT2D eigenvalue weighted by Gasteiger charge is 2.28. The summed E-state index contributed by atoms with van der Waals surface area (Å²) in [7, 11) is 0. The highest BCUT2D eigenvalue weighted by Crippen LogP contribution is 2.27. The van der Waals surface area contributed by atoms with E-state index in [0.29, 0.717) is 35.2 Å². The number of ketones is 2. The van der Waals surface area contributed by atoms with Crippen LogP contribution in [0.2, 0.25) is 0 Å². The number of fused-ring (bicyclic) bond motifs is 1. The first-order valence-corrected chi connectivity index (χ1v) is 6.15. The molecule has 0 saturated carbocycles. The van der Waals surface area contributed by atoms with Crippen molar-refractivity contribution in [2.24, 2.45) is 0 Å². The molecule has 0 saturated heterocycles. The zero-order valence-electron chi connectivity index (χ0n) is 10.9. The van der Waals surface area contributed by atoms with E-state index in [0.717, 1.165) is 0 Å². The second kappa shape index (κ2) is 5.18. The zero-order valence-corrected chi connectivity index (χ0v) is 10.9. The van der Waals surface area contributed by atoms with Crippen LogP contribution < -0.4 is 5.32 Å². The predicted octanol–water partition coefficient (Wildman–Crippen LogP) is 1.91. The van der Waals surface area contributed by atoms with Crippen molar-refractivity contribution < 1.29 is 14.4 Å². The molecule has 98 valence electrons. The molecular weight excluding hydrogens is 242 g/mol. The van der Waals surface area contributed by atoms with Crippen LogP contribution in [0.5, 0.6) is 0 Å². The maximum Gasteiger partial charge on any atom is 0.216 e. The van der Waals surface area contributed by atoms with Gasteiger partial charge < -0.3 is 5.32 Å². The Kier molecular flexibility index (Phi) is 3.60. The number of carbonyl (C=O) groups excluding carboxylic acids is 3. The normalized spacial score (nSPS) is 14.4. The minimum Gasteiger partial charge on any atom is -0.356 e. The van der Waals surface area contributed by atoms with Gasteiger partial charge in [-0.2, -0.15) is 0 Å². The van der Waals surface area contributed by atoms with Crippen molar-refractivity contribution in [2.75, 3.05) is 6.54 Å². The quantitative estimate of drug-likeness (QED) is 0.899. The summed E-state index contributed by atoms with van der Waals surface area (Å²) < 4.78 is 0. The second-order valence-electron chi connectivity index (χ2n) is 4.54. The van der Waals surface area contributed by atoms with Gasteiger partial charge in [0.05, 0.1) is 0 Å². The number of hydrogen-bond acceptors (Lipinski definition) is 3. The fourth-order valence-electron chi connectivity index (χ4n) is 2.22. The molecule has 0 unspecified atom stereocenters. The van der Waals surface area contributed by atoms with E-state index in [1.165, 1.54) is 6.92 Å². The smallest absolute Gasteiger partial charge is 0.216 e. The molecule has 1 aromatic rings. The predicted molar refractivity (Wildman–Crippen MR) is 71.1 cm³/mol. The molecule has 0 aromatic heterocycles. The van der Waals surface area contributed by atoms with Gasteiger partial charge in [-0.1, -0.05) is 24.3 Å². The molecule has 0 fully saturated rings. The summed E-state index contributed by atoms with van der Waals surface area (Å²) in [4.78, 5) is 35.3. The summed E-state index contributed by atoms with van der Waals surface area (Å²) in [5.41, 5.74) is 1.90. The van der Waals surface area contributed by atoms with Crippen molar-refractivity contribution in [1.82, 2.24) is 5.32 Å². The summed E-state index contributed by atoms with van der Waals surface area (Å²) in [5, 5.41) is 2.64. The fraction of sp³-hybridized carbons (Fsp3) is 0.267. The Morgan fingerprint density at radius 1 is 1.11 bits per heavy atom. The first-order valence-electron chi connectivity index (χ1n) is 6.15. The molecule has 1 aliphatic carbocycles. The Labute approximate surface area is 111 Å². The Morgan fingerprint density at radius 2 is 1.68 bits per heavy atom. The van der Waals surface area contributed by atoms with Crippen LogP contribution in [-0.4, -0.2) is 24.0 Å². The number of Topliss-reactive ketones (excluding diaryl/α,β-unsaturated/α-hetero) is 2. The van der Waals surface area contributed by atoms with Gasteiger partial charge in [-0.25, -0.2) is 0 Å². The number of hydrogen-bond donors (Lipinski definition) is 1. The van der Waals surface area contributed by atoms with Crippen molar-refractivity contribution in [1.29, 1.82) is 0 Å². The SMILES string of the molecule is CC(=O)NCCC1=C(C)C(=O)c2ccccc2C1=O. The Morgan fingerprint density at radius 3 is 2.26 bits per heavy atom. The second-order valence-corrected chi connectivity index (χ2v) is 4.54. The van der Waals surface area contributed by atoms with Gasteiger partial charge in [0.2, 0.25) is 5.91 Å². The lowest BCUT2D eigenvalue weighted by Crippen LogP contribution is -2.26. The van der Waals surface area contributed by atoms with Crippen molar-refractivity contribution in [3.63, 3.8) is 0 Å². The van der Waals surface area contributed by atoms with Crippen LogP contribution in [0.4, 0.5) is 0 Å². The van der Waals surface area contributed by atoms with Gasteiger partial charge in [0.1, 0.15) is 0 Å². The molecule has 0 atom stereocenters. The molecule has 2 rings (SSSR count). The van der Waals surface area contributed by atoms with E-state index in [1.807, 2.05) is 0 Å². The molecule has 1 amide bonds. The lowest BCUT2D eigenvalue weighted by Gasteiger charge is -2.18. The average molecular weight is 257 g/mol. The number of allylic oxidation sites excluding steroid dienone is 1. The molecular formula is C15H15NO3. The van der Waals surface area contributed by atoms with E-state index >= 15 is 0 Å². The molecule has 1 N–H and O–H groups in total. The third-order valence-electron chi connectivity index (χ3n) is 3.23. The molecule has 1 aliphatic rings. The molecule has 19 heavy (non-hydrogen) atoms. The maximum atomic E-state index is 12.3. The minimum absolute atomic E-state index is 0.104. The standard InChI is InChI=1S/C15H15NO3/c1-9-11(7-8-16-10(2)17)15(19)13-6-4-3-5-12(13)14(9)18/h3-6H,7-8H2,1-2H3,(H,16,17). The van der Waals surface area contributed by atoms with Gasteiger partial charge in [0, 0.05) is 35.7 Å². The largest absolute Gasteiger partial charge is 0.356 e. The highest BCUT2D eigenvalue weighted by atomic mass is 16.1. The number of rotatable bonds is 3. The molecule has 0 aliphatic heterocycles. The van der Waals surface area contributed by atoms with Crippen LogP contribution in [0.15, 0.2) is 35.4 Å². The molecule has 4 heteroatoms. The van der Waals surface area contributed by atoms with Gasteiger partial charge in [0.25, 0.3) is 0 Å². The third kappa shape index (κ3) is 2.47. The fourth-order valence-corrected chi connectivity index (χ4v) is 2.22. The summed E-state index contributed by atoms with van der Waals surface area (Å²) in [6.07, 6.45) is 0.379. The summed E-state index contributed by atoms with van der Waals surface area (Å²) >= 11 is 0. The van der Waals surface area contributed by atoms with Gasteiger partial charge in [0.15, 0.2) is 11.6 Å². The molecule has 0 heterocycles. The molecule has 0 radical (unpaired) electrons. The van der Waals surface area contributed by atoms with E-state index in [1.54, 1.807) is 31.2 Å². The molecule has 4 nitrogen and oxygen atoms in total. The number of carbonyl (C=O) groups is 3. The monoisotopic (exact) mass is 257 g/mol. The molecule has 0 spiro atoms. The lowest BCUT2D eigenvalue weighted by molar-refractivity contribution is -0.118. The highest BCUT2D eigenvalue weighted by molar-refractivity contribution is 6.26. The van der Waals surface area contributed by atoms with Gasteiger partial charge in [-0.05, 0) is 13.3 Å². The number of amides is 1. The Bertz CT molecular complexity index is 599. The molecule has 1 aromatic carbocycles. The van der Waals surface area contributed by atoms with Crippen LogP contribution in [0.25, 0.3) is 0 Å². The van der Waals surface area contributed by atoms with Crippen molar-refractivity contribution in [2.45, 2.75) is 20.3 Å². The average Bonchev–Trinajstić information content (AvgIpc) is 2.40. The Balaban J connectivity index is 2.29. The van der Waals surface area contributed by atoms with E-state index in [2.05, 4.69) is 5.32 Å². The van der Waals surface area contributed by atoms with Crippen LogP contribution in [-0.2, 0) is 4.79 Å². The van der Waals surface area contributed by atoms with E-state index < -0.39 is 0 Å². The van der Waals surface area contributed by atoms with Crippen molar-refractivity contribution in [3.8, 4) is 0 Å². The molecule has 0 bridgehead atoms. The van der Waals surface area contributed by atoms with E-state index in [9.17, 15) is 14.4 Å². The van der Waals surface area contributed by atoms with Gasteiger partial charge in [-0.3, -0.25) is 14.4 Å². The van der Waals surface area contributed by atoms with Crippen LogP contribution in [0, 0.1) is 0 Å². The number of benzene rings is 1. The van der Waals surface area contributed by atoms with Crippen LogP contribution in [0.1, 0.15) is 41.0 Å². The third-order valence-corrected chi connectivity index (χ3v) is 3.23. The van der Waals surface area contributed by atoms with Crippen LogP contribution in [0.3, 0.4) is 0 Å². The lowest BCUT2D eigenvalue weighted by atomic mass is 9.83. The summed E-state index contributed by atoms with van der Waals surface area (Å²) in [6.45, 7) is 3.45. The van der Waals surface area contributed by atoms with Crippen molar-refractivity contribution in [3.05, 3.63) is 46.5 Å². The zero-order chi connectivity index (χ0) is 14.0.